The highest BCUT2D eigenvalue weighted by molar-refractivity contribution is 5.47. The molecule has 0 bridgehead atoms. The summed E-state index contributed by atoms with van der Waals surface area (Å²) in [6.07, 6.45) is 0.887. The van der Waals surface area contributed by atoms with Crippen LogP contribution in [0.1, 0.15) is 18.1 Å². The Kier molecular flexibility index (Phi) is 4.58. The molecular formula is C16H17FO3. The Morgan fingerprint density at radius 1 is 1.10 bits per heavy atom. The van der Waals surface area contributed by atoms with Gasteiger partial charge in [-0.05, 0) is 36.2 Å². The third-order valence-corrected chi connectivity index (χ3v) is 3.09. The second-order valence-electron chi connectivity index (χ2n) is 4.32. The molecule has 3 nitrogen and oxygen atoms in total. The van der Waals surface area contributed by atoms with Crippen LogP contribution in [-0.4, -0.2) is 12.2 Å². The summed E-state index contributed by atoms with van der Waals surface area (Å²) in [5, 5.41) is 9.23. The third-order valence-electron chi connectivity index (χ3n) is 3.09. The number of rotatable bonds is 5. The van der Waals surface area contributed by atoms with Gasteiger partial charge in [-0.1, -0.05) is 19.1 Å². The van der Waals surface area contributed by atoms with Gasteiger partial charge in [0.2, 0.25) is 0 Å². The summed E-state index contributed by atoms with van der Waals surface area (Å²) in [4.78, 5) is 0. The lowest BCUT2D eigenvalue weighted by Crippen LogP contribution is -1.97. The number of methoxy groups -OCH3 is 1. The van der Waals surface area contributed by atoms with Crippen LogP contribution in [0.2, 0.25) is 0 Å². The van der Waals surface area contributed by atoms with Crippen LogP contribution in [0.3, 0.4) is 0 Å². The molecule has 2 rings (SSSR count). The van der Waals surface area contributed by atoms with Gasteiger partial charge in [-0.2, -0.15) is 0 Å². The molecule has 0 aliphatic carbocycles. The van der Waals surface area contributed by atoms with Gasteiger partial charge >= 0.3 is 0 Å². The largest absolute Gasteiger partial charge is 0.493 e. The molecule has 1 N–H and O–H groups in total. The Morgan fingerprint density at radius 2 is 1.90 bits per heavy atom. The minimum Gasteiger partial charge on any atom is -0.493 e. The molecule has 0 unspecified atom stereocenters. The molecule has 4 heteroatoms. The van der Waals surface area contributed by atoms with E-state index in [1.54, 1.807) is 19.2 Å². The van der Waals surface area contributed by atoms with Crippen molar-refractivity contribution in [2.45, 2.75) is 20.0 Å². The van der Waals surface area contributed by atoms with Crippen molar-refractivity contribution >= 4 is 0 Å². The van der Waals surface area contributed by atoms with Gasteiger partial charge in [-0.25, -0.2) is 4.39 Å². The molecule has 0 radical (unpaired) electrons. The van der Waals surface area contributed by atoms with E-state index in [1.807, 2.05) is 19.1 Å². The summed E-state index contributed by atoms with van der Waals surface area (Å²) >= 11 is 0. The summed E-state index contributed by atoms with van der Waals surface area (Å²) < 4.78 is 24.5. The van der Waals surface area contributed by atoms with Crippen LogP contribution in [0, 0.1) is 5.82 Å². The Bertz CT molecular complexity index is 596. The quantitative estimate of drug-likeness (QED) is 0.905. The lowest BCUT2D eigenvalue weighted by Gasteiger charge is -2.14. The van der Waals surface area contributed by atoms with E-state index in [0.717, 1.165) is 12.0 Å². The molecule has 0 aliphatic rings. The van der Waals surface area contributed by atoms with Gasteiger partial charge in [0.15, 0.2) is 11.5 Å². The van der Waals surface area contributed by atoms with Gasteiger partial charge in [-0.15, -0.1) is 0 Å². The summed E-state index contributed by atoms with van der Waals surface area (Å²) in [7, 11) is 1.56. The fraction of sp³-hybridized carbons (Fsp3) is 0.250. The Balaban J connectivity index is 2.37. The molecule has 2 aromatic rings. The van der Waals surface area contributed by atoms with E-state index in [2.05, 4.69) is 0 Å². The number of hydrogen-bond donors (Lipinski definition) is 1. The number of halogens is 1. The molecule has 0 saturated carbocycles. The van der Waals surface area contributed by atoms with E-state index in [-0.39, 0.29) is 11.3 Å². The average Bonchev–Trinajstić information content (AvgIpc) is 2.48. The molecular weight excluding hydrogens is 259 g/mol. The lowest BCUT2D eigenvalue weighted by molar-refractivity contribution is 0.269. The van der Waals surface area contributed by atoms with Crippen LogP contribution < -0.4 is 9.47 Å². The zero-order valence-electron chi connectivity index (χ0n) is 11.5. The summed E-state index contributed by atoms with van der Waals surface area (Å²) in [5.41, 5.74) is 1.25. The molecule has 0 spiro atoms. The maximum atomic E-state index is 13.6. The van der Waals surface area contributed by atoms with E-state index in [0.29, 0.717) is 11.5 Å². The van der Waals surface area contributed by atoms with E-state index >= 15 is 0 Å². The number of aliphatic hydroxyl groups excluding tert-OH is 1. The van der Waals surface area contributed by atoms with Crippen molar-refractivity contribution in [3.63, 3.8) is 0 Å². The first-order valence-electron chi connectivity index (χ1n) is 6.42. The topological polar surface area (TPSA) is 38.7 Å². The first-order chi connectivity index (χ1) is 9.69. The predicted octanol–water partition coefficient (Wildman–Crippen LogP) is 3.68. The molecule has 2 aromatic carbocycles. The van der Waals surface area contributed by atoms with Gasteiger partial charge in [-0.3, -0.25) is 0 Å². The molecule has 0 fully saturated rings. The smallest absolute Gasteiger partial charge is 0.169 e. The standard InChI is InChI=1S/C16H17FO3/c1-3-11-7-8-15(16(9-11)19-2)20-14-6-4-5-13(17)12(14)10-18/h4-9,18H,3,10H2,1-2H3. The van der Waals surface area contributed by atoms with Crippen molar-refractivity contribution in [1.82, 2.24) is 0 Å². The van der Waals surface area contributed by atoms with Crippen LogP contribution in [0.5, 0.6) is 17.2 Å². The van der Waals surface area contributed by atoms with E-state index in [9.17, 15) is 9.50 Å². The molecule has 0 saturated heterocycles. The fourth-order valence-electron chi connectivity index (χ4n) is 1.92. The van der Waals surface area contributed by atoms with Gasteiger partial charge < -0.3 is 14.6 Å². The minimum absolute atomic E-state index is 0.133. The van der Waals surface area contributed by atoms with Gasteiger partial charge in [0.05, 0.1) is 19.3 Å². The SMILES string of the molecule is CCc1ccc(Oc2cccc(F)c2CO)c(OC)c1. The third kappa shape index (κ3) is 2.91. The first-order valence-corrected chi connectivity index (χ1v) is 6.42. The summed E-state index contributed by atoms with van der Waals surface area (Å²) in [6.45, 7) is 1.63. The minimum atomic E-state index is -0.492. The Hall–Kier alpha value is -2.07. The van der Waals surface area contributed by atoms with Gasteiger partial charge in [0.25, 0.3) is 0 Å². The van der Waals surface area contributed by atoms with E-state index < -0.39 is 12.4 Å². The van der Waals surface area contributed by atoms with Crippen LogP contribution in [0.15, 0.2) is 36.4 Å². The molecule has 0 amide bonds. The molecule has 0 aromatic heterocycles. The van der Waals surface area contributed by atoms with Crippen LogP contribution in [0.4, 0.5) is 4.39 Å². The van der Waals surface area contributed by atoms with Gasteiger partial charge in [0, 0.05) is 0 Å². The van der Waals surface area contributed by atoms with Crippen molar-refractivity contribution in [3.8, 4) is 17.2 Å². The summed E-state index contributed by atoms with van der Waals surface area (Å²) in [6, 6.07) is 10.0. The number of aliphatic hydroxyl groups is 1. The number of ether oxygens (including phenoxy) is 2. The van der Waals surface area contributed by atoms with Gasteiger partial charge in [0.1, 0.15) is 11.6 Å². The molecule has 0 atom stereocenters. The highest BCUT2D eigenvalue weighted by Crippen LogP contribution is 2.34. The second-order valence-corrected chi connectivity index (χ2v) is 4.32. The zero-order valence-corrected chi connectivity index (χ0v) is 11.5. The normalized spacial score (nSPS) is 10.4. The van der Waals surface area contributed by atoms with Crippen molar-refractivity contribution in [3.05, 3.63) is 53.3 Å². The highest BCUT2D eigenvalue weighted by atomic mass is 19.1. The zero-order chi connectivity index (χ0) is 14.5. The number of aryl methyl sites for hydroxylation is 1. The first kappa shape index (κ1) is 14.3. The lowest BCUT2D eigenvalue weighted by atomic mass is 10.1. The number of hydrogen-bond acceptors (Lipinski definition) is 3. The molecule has 20 heavy (non-hydrogen) atoms. The predicted molar refractivity (Wildman–Crippen MR) is 74.8 cm³/mol. The molecule has 0 aliphatic heterocycles. The van der Waals surface area contributed by atoms with E-state index in [4.69, 9.17) is 9.47 Å². The molecule has 0 heterocycles. The highest BCUT2D eigenvalue weighted by Gasteiger charge is 2.12. The van der Waals surface area contributed by atoms with Crippen LogP contribution >= 0.6 is 0 Å². The van der Waals surface area contributed by atoms with Crippen LogP contribution in [0.25, 0.3) is 0 Å². The Labute approximate surface area is 117 Å². The van der Waals surface area contributed by atoms with E-state index in [1.165, 1.54) is 12.1 Å². The summed E-state index contributed by atoms with van der Waals surface area (Å²) in [5.74, 6) is 0.867. The molecule has 106 valence electrons. The van der Waals surface area contributed by atoms with Crippen LogP contribution in [-0.2, 0) is 13.0 Å². The van der Waals surface area contributed by atoms with Crippen molar-refractivity contribution in [2.24, 2.45) is 0 Å². The maximum absolute atomic E-state index is 13.6. The average molecular weight is 276 g/mol. The number of benzene rings is 2. The second kappa shape index (κ2) is 6.39. The Morgan fingerprint density at radius 3 is 2.55 bits per heavy atom. The monoisotopic (exact) mass is 276 g/mol. The van der Waals surface area contributed by atoms with Crippen molar-refractivity contribution < 1.29 is 19.0 Å². The van der Waals surface area contributed by atoms with Crippen molar-refractivity contribution in [2.75, 3.05) is 7.11 Å². The maximum Gasteiger partial charge on any atom is 0.169 e. The van der Waals surface area contributed by atoms with Crippen molar-refractivity contribution in [1.29, 1.82) is 0 Å². The fourth-order valence-corrected chi connectivity index (χ4v) is 1.92.